The highest BCUT2D eigenvalue weighted by Crippen LogP contribution is 2.28. The molecule has 0 radical (unpaired) electrons. The first kappa shape index (κ1) is 31.7. The smallest absolute Gasteiger partial charge is 0.335 e. The van der Waals surface area contributed by atoms with E-state index >= 15 is 0 Å². The molecule has 1 aliphatic rings. The van der Waals surface area contributed by atoms with Crippen LogP contribution in [0.1, 0.15) is 45.0 Å². The Bertz CT molecular complexity index is 2870. The second-order valence-corrected chi connectivity index (χ2v) is 12.9. The molecule has 1 aliphatic heterocycles. The van der Waals surface area contributed by atoms with Crippen LogP contribution >= 0.6 is 0 Å². The fourth-order valence-electron chi connectivity index (χ4n) is 7.23. The Morgan fingerprint density at radius 1 is 0.396 bits per heavy atom. The quantitative estimate of drug-likeness (QED) is 0.0928. The molecule has 8 bridgehead atoms. The van der Waals surface area contributed by atoms with Crippen LogP contribution in [0.2, 0.25) is 0 Å². The summed E-state index contributed by atoms with van der Waals surface area (Å²) in [4.78, 5) is 27.2. The first-order valence-electron chi connectivity index (χ1n) is 17.5. The lowest BCUT2D eigenvalue weighted by Gasteiger charge is -2.10. The number of nitrogens with one attached hydrogen (secondary N) is 4. The van der Waals surface area contributed by atoms with Crippen LogP contribution in [-0.2, 0) is 4.79 Å². The van der Waals surface area contributed by atoms with E-state index in [1.165, 1.54) is 0 Å². The Kier molecular flexibility index (Phi) is 8.02. The summed E-state index contributed by atoms with van der Waals surface area (Å²) in [6.45, 7) is 3.52. The monoisotopic (exact) mass is 686 g/mol. The first-order chi connectivity index (χ1) is 26.1. The largest absolute Gasteiger partial charge is 0.423 e. The van der Waals surface area contributed by atoms with E-state index in [1.807, 2.05) is 30.3 Å². The third kappa shape index (κ3) is 5.98. The van der Waals surface area contributed by atoms with Crippen molar-refractivity contribution >= 4 is 28.3 Å². The van der Waals surface area contributed by atoms with Crippen molar-refractivity contribution in [2.75, 3.05) is 0 Å². The van der Waals surface area contributed by atoms with Crippen LogP contribution < -0.4 is 26.1 Å². The zero-order chi connectivity index (χ0) is 35.7. The molecule has 6 heteroatoms. The van der Waals surface area contributed by atoms with E-state index in [1.54, 1.807) is 12.1 Å². The van der Waals surface area contributed by atoms with Gasteiger partial charge in [0.2, 0.25) is 0 Å². The number of carbonyl (C=O) groups is 1. The summed E-state index contributed by atoms with van der Waals surface area (Å²) in [6, 6.07) is 56.1. The summed E-state index contributed by atoms with van der Waals surface area (Å²) in [5, 5.41) is 3.88. The number of rotatable bonds is 6. The van der Waals surface area contributed by atoms with Gasteiger partial charge in [0.1, 0.15) is 5.75 Å². The molecule has 0 aliphatic carbocycles. The SMILES string of the molecule is C=CC(=O)Oc1ccc(C2=c3ccc([nH]3)=C(c3ccccc3)c3ccc([nH]3)C(c3ccccc3)=c3ccc([nH]3)=C(c3ccccc3)c3ccc2[nH]3)cc1. The lowest BCUT2D eigenvalue weighted by Crippen LogP contribution is -2.19. The number of benzene rings is 4. The zero-order valence-electron chi connectivity index (χ0n) is 28.7. The average molecular weight is 687 g/mol. The summed E-state index contributed by atoms with van der Waals surface area (Å²) in [5.41, 5.74) is 12.2. The number of fused-ring (bicyclic) bond motifs is 8. The molecule has 6 nitrogen and oxygen atoms in total. The molecule has 0 saturated heterocycles. The normalized spacial score (nSPS) is 12.5. The van der Waals surface area contributed by atoms with Crippen molar-refractivity contribution in [3.05, 3.63) is 243 Å². The topological polar surface area (TPSA) is 89.5 Å². The lowest BCUT2D eigenvalue weighted by molar-refractivity contribution is -0.128. The van der Waals surface area contributed by atoms with Crippen molar-refractivity contribution < 1.29 is 9.53 Å². The summed E-state index contributed by atoms with van der Waals surface area (Å²) >= 11 is 0. The zero-order valence-corrected chi connectivity index (χ0v) is 28.7. The highest BCUT2D eigenvalue weighted by atomic mass is 16.5. The summed E-state index contributed by atoms with van der Waals surface area (Å²) in [5.74, 6) is -0.0532. The fourth-order valence-corrected chi connectivity index (χ4v) is 7.23. The van der Waals surface area contributed by atoms with Crippen molar-refractivity contribution in [2.45, 2.75) is 0 Å². The van der Waals surface area contributed by atoms with Gasteiger partial charge in [-0.15, -0.1) is 0 Å². The minimum atomic E-state index is -0.500. The number of ether oxygens (including phenoxy) is 1. The molecule has 0 unspecified atom stereocenters. The third-order valence-electron chi connectivity index (χ3n) is 9.61. The predicted molar refractivity (Wildman–Crippen MR) is 210 cm³/mol. The predicted octanol–water partition coefficient (Wildman–Crippen LogP) is 6.39. The van der Waals surface area contributed by atoms with Gasteiger partial charge in [-0.1, -0.05) is 110 Å². The van der Waals surface area contributed by atoms with Gasteiger partial charge in [0.15, 0.2) is 0 Å². The van der Waals surface area contributed by atoms with Crippen molar-refractivity contribution in [3.63, 3.8) is 0 Å². The maximum Gasteiger partial charge on any atom is 0.335 e. The van der Waals surface area contributed by atoms with Crippen LogP contribution in [0, 0.1) is 0 Å². The van der Waals surface area contributed by atoms with Gasteiger partial charge in [0.05, 0.1) is 0 Å². The van der Waals surface area contributed by atoms with Gasteiger partial charge in [-0.2, -0.15) is 0 Å². The molecule has 9 rings (SSSR count). The molecule has 5 heterocycles. The number of aromatic amines is 4. The number of aromatic nitrogens is 4. The van der Waals surface area contributed by atoms with Crippen molar-refractivity contribution in [3.8, 4) is 5.75 Å². The molecular weight excluding hydrogens is 653 g/mol. The molecular formula is C47H34N4O2. The molecule has 0 amide bonds. The van der Waals surface area contributed by atoms with E-state index in [-0.39, 0.29) is 0 Å². The van der Waals surface area contributed by atoms with Gasteiger partial charge in [-0.05, 0) is 82.9 Å². The molecule has 53 heavy (non-hydrogen) atoms. The Balaban J connectivity index is 1.39. The van der Waals surface area contributed by atoms with Crippen LogP contribution in [0.5, 0.6) is 5.75 Å². The summed E-state index contributed by atoms with van der Waals surface area (Å²) < 4.78 is 5.41. The third-order valence-corrected chi connectivity index (χ3v) is 9.61. The standard InChI is InChI=1S/C47H34N4O2/c1-2-43(52)53-34-20-18-33(19-21-34)47-41-28-26-39(50-41)45(31-14-8-4-9-15-31)37-24-22-35(48-37)44(30-12-6-3-7-13-30)36-23-25-38(49-36)46(32-16-10-5-11-17-32)40-27-29-42(47)51-40/h2-29,48-51H,1H2. The van der Waals surface area contributed by atoms with Crippen LogP contribution in [-0.4, -0.2) is 25.9 Å². The average Bonchev–Trinajstić information content (AvgIpc) is 4.05. The second kappa shape index (κ2) is 13.4. The highest BCUT2D eigenvalue weighted by molar-refractivity contribution is 5.85. The Morgan fingerprint density at radius 3 is 1.04 bits per heavy atom. The van der Waals surface area contributed by atoms with Crippen LogP contribution in [0.3, 0.4) is 0 Å². The number of hydrogen-bond donors (Lipinski definition) is 4. The molecule has 8 aromatic rings. The van der Waals surface area contributed by atoms with Crippen molar-refractivity contribution in [2.24, 2.45) is 0 Å². The van der Waals surface area contributed by atoms with Gasteiger partial charge < -0.3 is 24.7 Å². The molecule has 0 saturated carbocycles. The first-order valence-corrected chi connectivity index (χ1v) is 17.5. The Morgan fingerprint density at radius 2 is 0.717 bits per heavy atom. The van der Waals surface area contributed by atoms with Gasteiger partial charge in [0, 0.05) is 72.5 Å². The molecule has 0 atom stereocenters. The Labute approximate surface area is 305 Å². The highest BCUT2D eigenvalue weighted by Gasteiger charge is 2.18. The van der Waals surface area contributed by atoms with E-state index in [9.17, 15) is 4.79 Å². The number of H-pyrrole nitrogens is 4. The van der Waals surface area contributed by atoms with E-state index in [4.69, 9.17) is 4.74 Å². The van der Waals surface area contributed by atoms with Gasteiger partial charge in [0.25, 0.3) is 0 Å². The van der Waals surface area contributed by atoms with Gasteiger partial charge in [-0.3, -0.25) is 0 Å². The van der Waals surface area contributed by atoms with Gasteiger partial charge in [-0.25, -0.2) is 4.79 Å². The minimum Gasteiger partial charge on any atom is -0.423 e. The van der Waals surface area contributed by atoms with E-state index in [0.29, 0.717) is 5.75 Å². The maximum absolute atomic E-state index is 12.0. The molecule has 4 aromatic carbocycles. The molecule has 4 aromatic heterocycles. The van der Waals surface area contributed by atoms with Crippen molar-refractivity contribution in [1.82, 2.24) is 19.9 Å². The van der Waals surface area contributed by atoms with E-state index in [2.05, 4.69) is 148 Å². The molecule has 0 spiro atoms. The summed E-state index contributed by atoms with van der Waals surface area (Å²) in [7, 11) is 0. The number of esters is 1. The fraction of sp³-hybridized carbons (Fsp3) is 0. The maximum atomic E-state index is 12.0. The number of carbonyl (C=O) groups excluding carboxylic acids is 1. The molecule has 4 N–H and O–H groups in total. The minimum absolute atomic E-state index is 0.447. The molecule has 0 fully saturated rings. The van der Waals surface area contributed by atoms with E-state index in [0.717, 1.165) is 94.8 Å². The van der Waals surface area contributed by atoms with E-state index < -0.39 is 5.97 Å². The summed E-state index contributed by atoms with van der Waals surface area (Å²) in [6.07, 6.45) is 1.16. The lowest BCUT2D eigenvalue weighted by atomic mass is 10.0. The second-order valence-electron chi connectivity index (χ2n) is 12.9. The van der Waals surface area contributed by atoms with Crippen LogP contribution in [0.25, 0.3) is 22.3 Å². The van der Waals surface area contributed by atoms with Crippen molar-refractivity contribution in [1.29, 1.82) is 0 Å². The Hall–Kier alpha value is -7.31. The number of hydrogen-bond acceptors (Lipinski definition) is 2. The van der Waals surface area contributed by atoms with Gasteiger partial charge >= 0.3 is 5.97 Å². The van der Waals surface area contributed by atoms with Crippen LogP contribution in [0.15, 0.2) is 176 Å². The van der Waals surface area contributed by atoms with Crippen LogP contribution in [0.4, 0.5) is 0 Å². The molecule has 254 valence electrons.